The number of amides is 2. The predicted molar refractivity (Wildman–Crippen MR) is 77.9 cm³/mol. The molecule has 0 heterocycles. The van der Waals surface area contributed by atoms with Crippen molar-refractivity contribution in [3.05, 3.63) is 35.9 Å². The van der Waals surface area contributed by atoms with E-state index in [1.54, 1.807) is 0 Å². The monoisotopic (exact) mass is 260 g/mol. The Bertz CT molecular complexity index is 418. The van der Waals surface area contributed by atoms with Crippen LogP contribution in [0, 0.1) is 5.92 Å². The van der Waals surface area contributed by atoms with Gasteiger partial charge in [0.2, 0.25) is 0 Å². The van der Waals surface area contributed by atoms with Crippen molar-refractivity contribution in [1.82, 2.24) is 10.6 Å². The van der Waals surface area contributed by atoms with Gasteiger partial charge in [-0.3, -0.25) is 0 Å². The Kier molecular flexibility index (Phi) is 4.46. The molecule has 0 spiro atoms. The lowest BCUT2D eigenvalue weighted by atomic mass is 9.75. The second kappa shape index (κ2) is 6.09. The third-order valence-corrected chi connectivity index (χ3v) is 4.37. The number of hydrogen-bond acceptors (Lipinski definition) is 1. The second-order valence-electron chi connectivity index (χ2n) is 5.86. The van der Waals surface area contributed by atoms with Gasteiger partial charge in [0.05, 0.1) is 0 Å². The molecule has 1 aromatic rings. The maximum Gasteiger partial charge on any atom is 0.315 e. The molecule has 1 saturated carbocycles. The molecule has 19 heavy (non-hydrogen) atoms. The van der Waals surface area contributed by atoms with Crippen molar-refractivity contribution in [1.29, 1.82) is 0 Å². The molecule has 0 radical (unpaired) electrons. The summed E-state index contributed by atoms with van der Waals surface area (Å²) in [5.74, 6) is 0.545. The van der Waals surface area contributed by atoms with Crippen LogP contribution in [0.2, 0.25) is 0 Å². The highest BCUT2D eigenvalue weighted by Crippen LogP contribution is 2.32. The van der Waals surface area contributed by atoms with Crippen LogP contribution in [-0.2, 0) is 6.54 Å². The van der Waals surface area contributed by atoms with Crippen molar-refractivity contribution in [2.45, 2.75) is 51.6 Å². The number of hydrogen-bond donors (Lipinski definition) is 2. The lowest BCUT2D eigenvalue weighted by molar-refractivity contribution is 0.170. The standard InChI is InChI=1S/C16H24N2O/c1-13-8-6-7-11-16(13,2)18-15(19)17-12-14-9-4-3-5-10-14/h3-5,9-10,13H,6-8,11-12H2,1-2H3,(H2,17,18,19). The first-order chi connectivity index (χ1) is 9.10. The van der Waals surface area contributed by atoms with E-state index < -0.39 is 0 Å². The Morgan fingerprint density at radius 3 is 2.74 bits per heavy atom. The highest BCUT2D eigenvalue weighted by atomic mass is 16.2. The van der Waals surface area contributed by atoms with Gasteiger partial charge in [-0.05, 0) is 31.2 Å². The number of rotatable bonds is 3. The van der Waals surface area contributed by atoms with Crippen molar-refractivity contribution in [2.24, 2.45) is 5.92 Å². The fourth-order valence-electron chi connectivity index (χ4n) is 2.78. The first-order valence-corrected chi connectivity index (χ1v) is 7.20. The third-order valence-electron chi connectivity index (χ3n) is 4.37. The van der Waals surface area contributed by atoms with E-state index in [1.165, 1.54) is 19.3 Å². The smallest absolute Gasteiger partial charge is 0.315 e. The molecule has 1 aliphatic rings. The second-order valence-corrected chi connectivity index (χ2v) is 5.86. The van der Waals surface area contributed by atoms with E-state index in [0.717, 1.165) is 12.0 Å². The molecular weight excluding hydrogens is 236 g/mol. The molecule has 3 heteroatoms. The van der Waals surface area contributed by atoms with Crippen molar-refractivity contribution in [3.63, 3.8) is 0 Å². The van der Waals surface area contributed by atoms with E-state index in [9.17, 15) is 4.79 Å². The molecule has 2 atom stereocenters. The summed E-state index contributed by atoms with van der Waals surface area (Å²) in [5.41, 5.74) is 1.07. The molecule has 2 amide bonds. The number of carbonyl (C=O) groups is 1. The Balaban J connectivity index is 1.84. The van der Waals surface area contributed by atoms with E-state index in [0.29, 0.717) is 12.5 Å². The van der Waals surface area contributed by atoms with Crippen LogP contribution in [-0.4, -0.2) is 11.6 Å². The molecule has 0 bridgehead atoms. The lowest BCUT2D eigenvalue weighted by Crippen LogP contribution is -2.54. The van der Waals surface area contributed by atoms with Crippen LogP contribution in [0.4, 0.5) is 4.79 Å². The van der Waals surface area contributed by atoms with E-state index in [2.05, 4.69) is 24.5 Å². The molecule has 2 unspecified atom stereocenters. The number of urea groups is 1. The zero-order valence-corrected chi connectivity index (χ0v) is 11.9. The van der Waals surface area contributed by atoms with E-state index in [1.807, 2.05) is 30.3 Å². The molecule has 0 aromatic heterocycles. The Morgan fingerprint density at radius 2 is 2.05 bits per heavy atom. The van der Waals surface area contributed by atoms with Crippen molar-refractivity contribution < 1.29 is 4.79 Å². The Labute approximate surface area is 115 Å². The molecule has 1 aromatic carbocycles. The van der Waals surface area contributed by atoms with Gasteiger partial charge < -0.3 is 10.6 Å². The summed E-state index contributed by atoms with van der Waals surface area (Å²) in [6, 6.07) is 9.93. The summed E-state index contributed by atoms with van der Waals surface area (Å²) < 4.78 is 0. The molecular formula is C16H24N2O. The SMILES string of the molecule is CC1CCCCC1(C)NC(=O)NCc1ccccc1. The molecule has 1 fully saturated rings. The quantitative estimate of drug-likeness (QED) is 0.858. The number of carbonyl (C=O) groups excluding carboxylic acids is 1. The molecule has 104 valence electrons. The van der Waals surface area contributed by atoms with Crippen LogP contribution in [0.1, 0.15) is 45.1 Å². The average molecular weight is 260 g/mol. The minimum atomic E-state index is -0.0565. The van der Waals surface area contributed by atoms with Crippen LogP contribution in [0.25, 0.3) is 0 Å². The summed E-state index contributed by atoms with van der Waals surface area (Å²) in [6.45, 7) is 4.98. The summed E-state index contributed by atoms with van der Waals surface area (Å²) in [6.07, 6.45) is 4.77. The largest absolute Gasteiger partial charge is 0.334 e. The first kappa shape index (κ1) is 13.9. The van der Waals surface area contributed by atoms with E-state index in [-0.39, 0.29) is 11.6 Å². The molecule has 3 nitrogen and oxygen atoms in total. The summed E-state index contributed by atoms with van der Waals surface area (Å²) in [5, 5.41) is 6.11. The molecule has 0 saturated heterocycles. The van der Waals surface area contributed by atoms with Gasteiger partial charge in [-0.25, -0.2) is 4.79 Å². The highest BCUT2D eigenvalue weighted by Gasteiger charge is 2.34. The number of nitrogens with one attached hydrogen (secondary N) is 2. The maximum absolute atomic E-state index is 12.0. The predicted octanol–water partition coefficient (Wildman–Crippen LogP) is 3.45. The summed E-state index contributed by atoms with van der Waals surface area (Å²) in [7, 11) is 0. The fourth-order valence-corrected chi connectivity index (χ4v) is 2.78. The zero-order chi connectivity index (χ0) is 13.7. The fraction of sp³-hybridized carbons (Fsp3) is 0.562. The topological polar surface area (TPSA) is 41.1 Å². The molecule has 2 N–H and O–H groups in total. The van der Waals surface area contributed by atoms with Crippen LogP contribution in [0.3, 0.4) is 0 Å². The Hall–Kier alpha value is -1.51. The van der Waals surface area contributed by atoms with Crippen LogP contribution in [0.5, 0.6) is 0 Å². The zero-order valence-electron chi connectivity index (χ0n) is 11.9. The van der Waals surface area contributed by atoms with Gasteiger partial charge in [0.15, 0.2) is 0 Å². The normalized spacial score (nSPS) is 26.7. The molecule has 0 aliphatic heterocycles. The van der Waals surface area contributed by atoms with Gasteiger partial charge >= 0.3 is 6.03 Å². The highest BCUT2D eigenvalue weighted by molar-refractivity contribution is 5.74. The van der Waals surface area contributed by atoms with Gasteiger partial charge in [0.1, 0.15) is 0 Å². The lowest BCUT2D eigenvalue weighted by Gasteiger charge is -2.40. The van der Waals surface area contributed by atoms with Gasteiger partial charge in [-0.1, -0.05) is 50.1 Å². The van der Waals surface area contributed by atoms with Crippen LogP contribution >= 0.6 is 0 Å². The van der Waals surface area contributed by atoms with Crippen molar-refractivity contribution >= 4 is 6.03 Å². The van der Waals surface area contributed by atoms with Gasteiger partial charge in [0.25, 0.3) is 0 Å². The summed E-state index contributed by atoms with van der Waals surface area (Å²) in [4.78, 5) is 12.0. The maximum atomic E-state index is 12.0. The van der Waals surface area contributed by atoms with Crippen molar-refractivity contribution in [2.75, 3.05) is 0 Å². The minimum Gasteiger partial charge on any atom is -0.334 e. The minimum absolute atomic E-state index is 0.0555. The van der Waals surface area contributed by atoms with Gasteiger partial charge in [-0.2, -0.15) is 0 Å². The summed E-state index contributed by atoms with van der Waals surface area (Å²) >= 11 is 0. The van der Waals surface area contributed by atoms with Gasteiger partial charge in [-0.15, -0.1) is 0 Å². The molecule has 1 aliphatic carbocycles. The third kappa shape index (κ3) is 3.72. The van der Waals surface area contributed by atoms with E-state index >= 15 is 0 Å². The van der Waals surface area contributed by atoms with E-state index in [4.69, 9.17) is 0 Å². The Morgan fingerprint density at radius 1 is 1.32 bits per heavy atom. The number of benzene rings is 1. The average Bonchev–Trinajstić information content (AvgIpc) is 2.41. The van der Waals surface area contributed by atoms with Crippen molar-refractivity contribution in [3.8, 4) is 0 Å². The first-order valence-electron chi connectivity index (χ1n) is 7.20. The van der Waals surface area contributed by atoms with Crippen LogP contribution in [0.15, 0.2) is 30.3 Å². The molecule has 2 rings (SSSR count). The van der Waals surface area contributed by atoms with Gasteiger partial charge in [0, 0.05) is 12.1 Å². The van der Waals surface area contributed by atoms with Crippen LogP contribution < -0.4 is 10.6 Å².